The van der Waals surface area contributed by atoms with Crippen molar-refractivity contribution < 1.29 is 61.9 Å². The third-order valence-electron chi connectivity index (χ3n) is 5.15. The maximum Gasteiger partial charge on any atom is 0.431 e. The van der Waals surface area contributed by atoms with E-state index in [1.54, 1.807) is 20.8 Å². The topological polar surface area (TPSA) is 179 Å². The molecular formula is C28H49N3O13. The predicted molar refractivity (Wildman–Crippen MR) is 155 cm³/mol. The Labute approximate surface area is 258 Å². The predicted octanol–water partition coefficient (Wildman–Crippen LogP) is -0.00980. The summed E-state index contributed by atoms with van der Waals surface area (Å²) in [4.78, 5) is 52.0. The molecule has 0 bridgehead atoms. The molecule has 0 fully saturated rings. The Kier molecular flexibility index (Phi) is 22.9. The van der Waals surface area contributed by atoms with E-state index >= 15 is 0 Å². The highest BCUT2D eigenvalue weighted by Gasteiger charge is 2.23. The van der Waals surface area contributed by atoms with Gasteiger partial charge in [-0.2, -0.15) is 5.48 Å². The van der Waals surface area contributed by atoms with Gasteiger partial charge in [0.05, 0.1) is 99.1 Å². The van der Waals surface area contributed by atoms with Gasteiger partial charge in [-0.3, -0.25) is 24.1 Å². The molecule has 0 unspecified atom stereocenters. The maximum atomic E-state index is 11.8. The zero-order valence-electron chi connectivity index (χ0n) is 26.1. The van der Waals surface area contributed by atoms with Crippen molar-refractivity contribution in [3.63, 3.8) is 0 Å². The first-order valence-electron chi connectivity index (χ1n) is 14.6. The molecule has 0 saturated heterocycles. The standard InChI is InChI=1S/C28H49N3O13/c1-28(2,3)44-27(35)30-43-23-22-42-21-20-41-19-18-40-17-16-39-15-14-38-13-12-37-11-10-36-9-7-29-24(32)6-8-31-25(33)4-5-26(31)34/h4-5H,6-23H2,1-3H3,(H,29,32)(H,30,35). The summed E-state index contributed by atoms with van der Waals surface area (Å²) in [5, 5.41) is 2.67. The second-order valence-electron chi connectivity index (χ2n) is 10.0. The number of nitrogens with zero attached hydrogens (tertiary/aromatic N) is 1. The molecule has 0 aromatic rings. The minimum atomic E-state index is -0.647. The van der Waals surface area contributed by atoms with Crippen LogP contribution in [0.15, 0.2) is 12.2 Å². The number of carbonyl (C=O) groups excluding carboxylic acids is 4. The molecule has 1 heterocycles. The molecule has 0 atom stereocenters. The first kappa shape index (κ1) is 39.3. The average Bonchev–Trinajstić information content (AvgIpc) is 3.29. The molecule has 1 aliphatic heterocycles. The van der Waals surface area contributed by atoms with Gasteiger partial charge in [-0.1, -0.05) is 0 Å². The Bertz CT molecular complexity index is 818. The number of hydrogen-bond donors (Lipinski definition) is 2. The van der Waals surface area contributed by atoms with Gasteiger partial charge in [-0.05, 0) is 20.8 Å². The van der Waals surface area contributed by atoms with Gasteiger partial charge >= 0.3 is 6.09 Å². The SMILES string of the molecule is CC(C)(C)OC(=O)NOCCOCCOCCOCCOCCOCCOCCOCCNC(=O)CCN1C(=O)C=CC1=O. The summed E-state index contributed by atoms with van der Waals surface area (Å²) in [5.74, 6) is -1.06. The molecule has 0 spiro atoms. The molecule has 0 aromatic carbocycles. The van der Waals surface area contributed by atoms with Crippen LogP contribution in [-0.2, 0) is 57.1 Å². The van der Waals surface area contributed by atoms with Crippen LogP contribution in [0.3, 0.4) is 0 Å². The smallest absolute Gasteiger partial charge is 0.431 e. The molecule has 44 heavy (non-hydrogen) atoms. The Balaban J connectivity index is 1.69. The average molecular weight is 636 g/mol. The molecule has 16 heteroatoms. The Morgan fingerprint density at radius 2 is 1.02 bits per heavy atom. The van der Waals surface area contributed by atoms with Crippen LogP contribution >= 0.6 is 0 Å². The molecule has 0 aliphatic carbocycles. The van der Waals surface area contributed by atoms with Gasteiger partial charge in [-0.15, -0.1) is 0 Å². The fraction of sp³-hybridized carbons (Fsp3) is 0.786. The van der Waals surface area contributed by atoms with Crippen molar-refractivity contribution in [2.75, 3.05) is 112 Å². The van der Waals surface area contributed by atoms with E-state index < -0.39 is 23.5 Å². The van der Waals surface area contributed by atoms with Gasteiger partial charge in [0.1, 0.15) is 5.60 Å². The molecule has 254 valence electrons. The van der Waals surface area contributed by atoms with Crippen LogP contribution in [-0.4, -0.2) is 147 Å². The van der Waals surface area contributed by atoms with Crippen molar-refractivity contribution in [2.45, 2.75) is 32.8 Å². The molecule has 0 saturated carbocycles. The van der Waals surface area contributed by atoms with Crippen LogP contribution < -0.4 is 10.8 Å². The fourth-order valence-corrected chi connectivity index (χ4v) is 3.15. The molecule has 2 N–H and O–H groups in total. The molecule has 1 rings (SSSR count). The van der Waals surface area contributed by atoms with Crippen LogP contribution in [0, 0.1) is 0 Å². The summed E-state index contributed by atoms with van der Waals surface area (Å²) in [6, 6.07) is 0. The van der Waals surface area contributed by atoms with Crippen molar-refractivity contribution in [1.82, 2.24) is 15.7 Å². The number of hydrogen-bond acceptors (Lipinski definition) is 13. The minimum Gasteiger partial charge on any atom is -0.442 e. The van der Waals surface area contributed by atoms with E-state index in [1.165, 1.54) is 12.2 Å². The number of carbonyl (C=O) groups is 4. The lowest BCUT2D eigenvalue weighted by Crippen LogP contribution is -2.35. The summed E-state index contributed by atoms with van der Waals surface area (Å²) in [5.41, 5.74) is 1.60. The van der Waals surface area contributed by atoms with Crippen molar-refractivity contribution >= 4 is 23.8 Å². The van der Waals surface area contributed by atoms with Crippen molar-refractivity contribution in [2.24, 2.45) is 0 Å². The van der Waals surface area contributed by atoms with Crippen LogP contribution in [0.25, 0.3) is 0 Å². The van der Waals surface area contributed by atoms with Gasteiger partial charge in [-0.25, -0.2) is 4.79 Å². The first-order valence-corrected chi connectivity index (χ1v) is 14.6. The number of amides is 4. The molecule has 0 radical (unpaired) electrons. The fourth-order valence-electron chi connectivity index (χ4n) is 3.15. The summed E-state index contributed by atoms with van der Waals surface area (Å²) >= 11 is 0. The molecule has 0 aromatic heterocycles. The van der Waals surface area contributed by atoms with Gasteiger partial charge in [0.2, 0.25) is 5.91 Å². The Morgan fingerprint density at radius 1 is 0.636 bits per heavy atom. The molecule has 1 aliphatic rings. The lowest BCUT2D eigenvalue weighted by molar-refractivity contribution is -0.137. The van der Waals surface area contributed by atoms with Crippen molar-refractivity contribution in [3.05, 3.63) is 12.2 Å². The molecule has 16 nitrogen and oxygen atoms in total. The number of ether oxygens (including phenoxy) is 8. The summed E-state index contributed by atoms with van der Waals surface area (Å²) in [7, 11) is 0. The van der Waals surface area contributed by atoms with Gasteiger partial charge in [0.15, 0.2) is 0 Å². The highest BCUT2D eigenvalue weighted by molar-refractivity contribution is 6.13. The van der Waals surface area contributed by atoms with E-state index in [0.29, 0.717) is 99.0 Å². The second-order valence-corrected chi connectivity index (χ2v) is 10.0. The van der Waals surface area contributed by atoms with Crippen molar-refractivity contribution in [1.29, 1.82) is 0 Å². The third-order valence-corrected chi connectivity index (χ3v) is 5.15. The number of nitrogens with one attached hydrogen (secondary N) is 2. The van der Waals surface area contributed by atoms with Gasteiger partial charge < -0.3 is 43.2 Å². The lowest BCUT2D eigenvalue weighted by Gasteiger charge is -2.19. The van der Waals surface area contributed by atoms with Crippen LogP contribution in [0.2, 0.25) is 0 Å². The van der Waals surface area contributed by atoms with E-state index in [0.717, 1.165) is 4.90 Å². The van der Waals surface area contributed by atoms with Crippen LogP contribution in [0.5, 0.6) is 0 Å². The first-order chi connectivity index (χ1) is 21.2. The van der Waals surface area contributed by atoms with Crippen LogP contribution in [0.1, 0.15) is 27.2 Å². The zero-order chi connectivity index (χ0) is 32.3. The lowest BCUT2D eigenvalue weighted by atomic mass is 10.2. The summed E-state index contributed by atoms with van der Waals surface area (Å²) < 4.78 is 42.8. The normalized spacial score (nSPS) is 13.1. The number of rotatable bonds is 28. The Morgan fingerprint density at radius 3 is 1.43 bits per heavy atom. The quantitative estimate of drug-likeness (QED) is 0.0667. The number of imide groups is 1. The van der Waals surface area contributed by atoms with Gasteiger partial charge in [0, 0.05) is 31.7 Å². The van der Waals surface area contributed by atoms with E-state index in [9.17, 15) is 19.2 Å². The summed E-state index contributed by atoms with van der Waals surface area (Å²) in [6.07, 6.45) is 1.78. The monoisotopic (exact) mass is 635 g/mol. The number of hydroxylamine groups is 1. The zero-order valence-corrected chi connectivity index (χ0v) is 26.1. The van der Waals surface area contributed by atoms with Gasteiger partial charge in [0.25, 0.3) is 11.8 Å². The van der Waals surface area contributed by atoms with E-state index in [-0.39, 0.29) is 25.5 Å². The summed E-state index contributed by atoms with van der Waals surface area (Å²) in [6.45, 7) is 11.6. The second kappa shape index (κ2) is 25.6. The van der Waals surface area contributed by atoms with E-state index in [1.807, 2.05) is 0 Å². The largest absolute Gasteiger partial charge is 0.442 e. The third kappa shape index (κ3) is 23.7. The molecule has 4 amide bonds. The van der Waals surface area contributed by atoms with E-state index in [4.69, 9.17) is 42.7 Å². The molecular weight excluding hydrogens is 586 g/mol. The highest BCUT2D eigenvalue weighted by atomic mass is 16.7. The highest BCUT2D eigenvalue weighted by Crippen LogP contribution is 2.06. The van der Waals surface area contributed by atoms with Crippen molar-refractivity contribution in [3.8, 4) is 0 Å². The van der Waals surface area contributed by atoms with E-state index in [2.05, 4.69) is 10.8 Å². The minimum absolute atomic E-state index is 0.0488. The Hall–Kier alpha value is -2.70. The maximum absolute atomic E-state index is 11.8. The van der Waals surface area contributed by atoms with Crippen LogP contribution in [0.4, 0.5) is 4.79 Å².